The van der Waals surface area contributed by atoms with Gasteiger partial charge < -0.3 is 15.4 Å². The Morgan fingerprint density at radius 3 is 2.45 bits per heavy atom. The van der Waals surface area contributed by atoms with Gasteiger partial charge in [-0.1, -0.05) is 62.4 Å². The molecule has 5 heteroatoms. The van der Waals surface area contributed by atoms with E-state index in [0.717, 1.165) is 22.4 Å². The smallest absolute Gasteiger partial charge is 0.262 e. The molecule has 0 aliphatic heterocycles. The average molecular weight is 417 g/mol. The highest BCUT2D eigenvalue weighted by Crippen LogP contribution is 2.27. The molecule has 160 valence electrons. The van der Waals surface area contributed by atoms with Crippen molar-refractivity contribution in [3.63, 3.8) is 0 Å². The minimum atomic E-state index is -0.280. The van der Waals surface area contributed by atoms with Crippen molar-refractivity contribution in [3.05, 3.63) is 95.1 Å². The summed E-state index contributed by atoms with van der Waals surface area (Å²) in [5.74, 6) is 0.541. The molecule has 0 saturated carbocycles. The van der Waals surface area contributed by atoms with Crippen LogP contribution in [0.2, 0.25) is 0 Å². The van der Waals surface area contributed by atoms with Gasteiger partial charge in [-0.15, -0.1) is 0 Å². The Morgan fingerprint density at radius 1 is 0.935 bits per heavy atom. The fourth-order valence-electron chi connectivity index (χ4n) is 3.20. The quantitative estimate of drug-likeness (QED) is 0.539. The van der Waals surface area contributed by atoms with Crippen molar-refractivity contribution in [1.82, 2.24) is 5.32 Å². The number of amides is 2. The van der Waals surface area contributed by atoms with Gasteiger partial charge in [0.15, 0.2) is 6.61 Å². The van der Waals surface area contributed by atoms with Gasteiger partial charge in [-0.3, -0.25) is 9.59 Å². The molecule has 3 aromatic rings. The Hall–Kier alpha value is -3.60. The molecule has 2 amide bonds. The Kier molecular flexibility index (Phi) is 7.44. The SMILES string of the molecule is Cc1ccc(C(C)C)c(OCC(=O)Nc2cccc(C(=O)NCc3ccccc3)c2)c1. The molecular weight excluding hydrogens is 388 g/mol. The number of anilines is 1. The number of hydrogen-bond acceptors (Lipinski definition) is 3. The summed E-state index contributed by atoms with van der Waals surface area (Å²) >= 11 is 0. The highest BCUT2D eigenvalue weighted by Gasteiger charge is 2.12. The Labute approximate surface area is 183 Å². The topological polar surface area (TPSA) is 67.4 Å². The van der Waals surface area contributed by atoms with E-state index in [1.165, 1.54) is 0 Å². The molecule has 3 rings (SSSR count). The van der Waals surface area contributed by atoms with Gasteiger partial charge in [0.1, 0.15) is 5.75 Å². The molecule has 0 spiro atoms. The summed E-state index contributed by atoms with van der Waals surface area (Å²) in [5, 5.41) is 5.69. The van der Waals surface area contributed by atoms with Crippen molar-refractivity contribution >= 4 is 17.5 Å². The predicted octanol–water partition coefficient (Wildman–Crippen LogP) is 5.07. The zero-order valence-corrected chi connectivity index (χ0v) is 18.1. The first-order valence-electron chi connectivity index (χ1n) is 10.4. The maximum Gasteiger partial charge on any atom is 0.262 e. The number of aryl methyl sites for hydroxylation is 1. The number of ether oxygens (including phenoxy) is 1. The lowest BCUT2D eigenvalue weighted by molar-refractivity contribution is -0.118. The van der Waals surface area contributed by atoms with E-state index in [1.807, 2.05) is 55.5 Å². The normalized spacial score (nSPS) is 10.6. The minimum absolute atomic E-state index is 0.104. The van der Waals surface area contributed by atoms with E-state index in [0.29, 0.717) is 23.7 Å². The molecule has 2 N–H and O–H groups in total. The lowest BCUT2D eigenvalue weighted by Crippen LogP contribution is -2.23. The molecule has 0 aliphatic rings. The second-order valence-electron chi connectivity index (χ2n) is 7.78. The molecule has 31 heavy (non-hydrogen) atoms. The molecule has 5 nitrogen and oxygen atoms in total. The lowest BCUT2D eigenvalue weighted by Gasteiger charge is -2.15. The summed E-state index contributed by atoms with van der Waals surface area (Å²) in [6, 6.07) is 22.6. The van der Waals surface area contributed by atoms with Gasteiger partial charge in [0.2, 0.25) is 0 Å². The van der Waals surface area contributed by atoms with E-state index >= 15 is 0 Å². The van der Waals surface area contributed by atoms with Crippen molar-refractivity contribution in [1.29, 1.82) is 0 Å². The third-order valence-corrected chi connectivity index (χ3v) is 4.85. The van der Waals surface area contributed by atoms with E-state index in [9.17, 15) is 9.59 Å². The van der Waals surface area contributed by atoms with Crippen molar-refractivity contribution in [2.24, 2.45) is 0 Å². The van der Waals surface area contributed by atoms with Gasteiger partial charge in [-0.2, -0.15) is 0 Å². The Bertz CT molecular complexity index is 1050. The van der Waals surface area contributed by atoms with Crippen LogP contribution in [-0.4, -0.2) is 18.4 Å². The minimum Gasteiger partial charge on any atom is -0.483 e. The average Bonchev–Trinajstić information content (AvgIpc) is 2.77. The number of rotatable bonds is 8. The van der Waals surface area contributed by atoms with E-state index in [1.54, 1.807) is 24.3 Å². The first kappa shape index (κ1) is 22.1. The maximum absolute atomic E-state index is 12.5. The maximum atomic E-state index is 12.5. The van der Waals surface area contributed by atoms with Crippen molar-refractivity contribution in [2.45, 2.75) is 33.2 Å². The standard InChI is InChI=1S/C26H28N2O3/c1-18(2)23-13-12-19(3)14-24(23)31-17-25(29)28-22-11-7-10-21(15-22)26(30)27-16-20-8-5-4-6-9-20/h4-15,18H,16-17H2,1-3H3,(H,27,30)(H,28,29). The summed E-state index contributed by atoms with van der Waals surface area (Å²) in [6.45, 7) is 6.51. The predicted molar refractivity (Wildman–Crippen MR) is 123 cm³/mol. The number of carbonyl (C=O) groups excluding carboxylic acids is 2. The highest BCUT2D eigenvalue weighted by atomic mass is 16.5. The van der Waals surface area contributed by atoms with Crippen LogP contribution in [0.4, 0.5) is 5.69 Å². The van der Waals surface area contributed by atoms with Crippen LogP contribution in [0, 0.1) is 6.92 Å². The zero-order chi connectivity index (χ0) is 22.2. The molecule has 0 unspecified atom stereocenters. The lowest BCUT2D eigenvalue weighted by atomic mass is 10.0. The van der Waals surface area contributed by atoms with E-state index in [-0.39, 0.29) is 18.4 Å². The summed E-state index contributed by atoms with van der Waals surface area (Å²) in [4.78, 5) is 24.9. The van der Waals surface area contributed by atoms with Gasteiger partial charge >= 0.3 is 0 Å². The highest BCUT2D eigenvalue weighted by molar-refractivity contribution is 5.97. The molecule has 0 heterocycles. The van der Waals surface area contributed by atoms with Gasteiger partial charge in [0.25, 0.3) is 11.8 Å². The van der Waals surface area contributed by atoms with Crippen molar-refractivity contribution in [3.8, 4) is 5.75 Å². The third-order valence-electron chi connectivity index (χ3n) is 4.85. The van der Waals surface area contributed by atoms with Crippen molar-refractivity contribution in [2.75, 3.05) is 11.9 Å². The van der Waals surface area contributed by atoms with E-state index in [4.69, 9.17) is 4.74 Å². The van der Waals surface area contributed by atoms with Crippen LogP contribution < -0.4 is 15.4 Å². The first-order valence-corrected chi connectivity index (χ1v) is 10.4. The molecule has 0 aromatic heterocycles. The van der Waals surface area contributed by atoms with Gasteiger partial charge in [-0.05, 0) is 53.8 Å². The summed E-state index contributed by atoms with van der Waals surface area (Å²) in [5.41, 5.74) is 4.20. The number of nitrogens with one attached hydrogen (secondary N) is 2. The molecule has 3 aromatic carbocycles. The molecule has 0 bridgehead atoms. The fourth-order valence-corrected chi connectivity index (χ4v) is 3.20. The summed E-state index contributed by atoms with van der Waals surface area (Å²) in [6.07, 6.45) is 0. The second kappa shape index (κ2) is 10.4. The van der Waals surface area contributed by atoms with Crippen LogP contribution >= 0.6 is 0 Å². The van der Waals surface area contributed by atoms with Gasteiger partial charge in [0, 0.05) is 17.8 Å². The largest absolute Gasteiger partial charge is 0.483 e. The summed E-state index contributed by atoms with van der Waals surface area (Å²) in [7, 11) is 0. The number of hydrogen-bond donors (Lipinski definition) is 2. The number of carbonyl (C=O) groups is 2. The van der Waals surface area contributed by atoms with E-state index < -0.39 is 0 Å². The van der Waals surface area contributed by atoms with Gasteiger partial charge in [0.05, 0.1) is 0 Å². The second-order valence-corrected chi connectivity index (χ2v) is 7.78. The van der Waals surface area contributed by atoms with Crippen LogP contribution in [-0.2, 0) is 11.3 Å². The monoisotopic (exact) mass is 416 g/mol. The zero-order valence-electron chi connectivity index (χ0n) is 18.1. The molecule has 0 fully saturated rings. The molecular formula is C26H28N2O3. The van der Waals surface area contributed by atoms with Crippen LogP contribution in [0.25, 0.3) is 0 Å². The fraction of sp³-hybridized carbons (Fsp3) is 0.231. The summed E-state index contributed by atoms with van der Waals surface area (Å²) < 4.78 is 5.79. The number of benzene rings is 3. The Balaban J connectivity index is 1.57. The Morgan fingerprint density at radius 2 is 1.71 bits per heavy atom. The third kappa shape index (κ3) is 6.44. The van der Waals surface area contributed by atoms with Crippen LogP contribution in [0.5, 0.6) is 5.75 Å². The molecule has 0 saturated heterocycles. The molecule has 0 atom stereocenters. The van der Waals surface area contributed by atoms with Crippen LogP contribution in [0.15, 0.2) is 72.8 Å². The molecule has 0 radical (unpaired) electrons. The van der Waals surface area contributed by atoms with Crippen LogP contribution in [0.1, 0.15) is 46.8 Å². The van der Waals surface area contributed by atoms with Crippen molar-refractivity contribution < 1.29 is 14.3 Å². The van der Waals surface area contributed by atoms with E-state index in [2.05, 4.69) is 24.5 Å². The van der Waals surface area contributed by atoms with Gasteiger partial charge in [-0.25, -0.2) is 0 Å². The van der Waals surface area contributed by atoms with Crippen LogP contribution in [0.3, 0.4) is 0 Å². The molecule has 0 aliphatic carbocycles. The first-order chi connectivity index (χ1) is 14.9.